The van der Waals surface area contributed by atoms with Crippen molar-refractivity contribution in [1.29, 1.82) is 0 Å². The maximum Gasteiger partial charge on any atom is 2.00 e. The van der Waals surface area contributed by atoms with Crippen LogP contribution in [-0.4, -0.2) is 27.5 Å². The number of nitrogens with zero attached hydrogens (tertiary/aromatic N) is 2. The summed E-state index contributed by atoms with van der Waals surface area (Å²) in [6.45, 7) is 26.5. The Morgan fingerprint density at radius 3 is 0.684 bits per heavy atom. The first-order valence-electron chi connectivity index (χ1n) is 6.89. The average molecular weight is 348 g/mol. The molecule has 0 amide bonds. The number of hydrogen-bond donors (Lipinski definition) is 0. The second-order valence-electron chi connectivity index (χ2n) is 8.91. The van der Waals surface area contributed by atoms with Gasteiger partial charge in [-0.2, -0.15) is 0 Å². The van der Waals surface area contributed by atoms with Crippen LogP contribution in [0.3, 0.4) is 0 Å². The van der Waals surface area contributed by atoms with Crippen LogP contribution in [0.25, 0.3) is 9.96 Å². The fraction of sp³-hybridized carbons (Fsp3) is 1.00. The van der Waals surface area contributed by atoms with Crippen molar-refractivity contribution >= 4 is 16.5 Å². The van der Waals surface area contributed by atoms with E-state index in [9.17, 15) is 0 Å². The van der Waals surface area contributed by atoms with Gasteiger partial charge in [-0.1, -0.05) is 97.3 Å². The maximum atomic E-state index is 4.68. The molecule has 0 aromatic heterocycles. The van der Waals surface area contributed by atoms with Crippen LogP contribution >= 0.6 is 0 Å². The Morgan fingerprint density at radius 1 is 0.526 bits per heavy atom. The van der Waals surface area contributed by atoms with Gasteiger partial charge in [-0.25, -0.2) is 0 Å². The Morgan fingerprint density at radius 2 is 0.684 bits per heavy atom. The largest absolute Gasteiger partial charge is 2.00 e. The monoisotopic (exact) mass is 347 g/mol. The number of rotatable bonds is 2. The third-order valence-corrected chi connectivity index (χ3v) is 4.02. The molecule has 5 heteroatoms. The summed E-state index contributed by atoms with van der Waals surface area (Å²) in [6, 6.07) is 0. The quantitative estimate of drug-likeness (QED) is 0.549. The van der Waals surface area contributed by atoms with Gasteiger partial charge in [0.2, 0.25) is 0 Å². The summed E-state index contributed by atoms with van der Waals surface area (Å²) < 4.78 is 0. The van der Waals surface area contributed by atoms with E-state index < -0.39 is 16.5 Å². The molecule has 0 saturated carbocycles. The van der Waals surface area contributed by atoms with Crippen molar-refractivity contribution in [2.24, 2.45) is 0 Å². The predicted octanol–water partition coefficient (Wildman–Crippen LogP) is 5.98. The van der Waals surface area contributed by atoms with Crippen LogP contribution in [0.1, 0.15) is 41.5 Å². The van der Waals surface area contributed by atoms with Crippen molar-refractivity contribution in [1.82, 2.24) is 0 Å². The third-order valence-electron chi connectivity index (χ3n) is 1.34. The molecule has 0 bridgehead atoms. The Hall–Kier alpha value is 0.860. The molecule has 0 atom stereocenters. The smallest absolute Gasteiger partial charge is 0.660 e. The molecule has 0 aliphatic rings. The molecule has 0 rings (SSSR count). The van der Waals surface area contributed by atoms with E-state index >= 15 is 0 Å². The molecule has 0 saturated heterocycles. The van der Waals surface area contributed by atoms with E-state index in [0.717, 1.165) is 0 Å². The second kappa shape index (κ2) is 8.34. The molecule has 1 radical (unpaired) electrons. The van der Waals surface area contributed by atoms with E-state index in [1.54, 1.807) is 0 Å². The molecule has 2 nitrogen and oxygen atoms in total. The van der Waals surface area contributed by atoms with Crippen molar-refractivity contribution in [2.45, 2.75) is 91.9 Å². The topological polar surface area (TPSA) is 28.2 Å². The first-order valence-corrected chi connectivity index (χ1v) is 13.8. The molecular formula is C14H36CoN2Si2. The summed E-state index contributed by atoms with van der Waals surface area (Å²) in [4.78, 5) is 9.36. The van der Waals surface area contributed by atoms with Gasteiger partial charge in [-0.05, 0) is 0 Å². The SMILES string of the molecule is CC(C)(C)[N-][Si](C)(C)C.CC(C)(C)[N-][Si](C)(C)C.[Co+2]. The van der Waals surface area contributed by atoms with Crippen LogP contribution in [0.15, 0.2) is 0 Å². The Bertz CT molecular complexity index is 180. The summed E-state index contributed by atoms with van der Waals surface area (Å²) in [5.74, 6) is 0. The summed E-state index contributed by atoms with van der Waals surface area (Å²) in [7, 11) is -2.34. The van der Waals surface area contributed by atoms with Gasteiger partial charge in [0.05, 0.1) is 0 Å². The van der Waals surface area contributed by atoms with Crippen molar-refractivity contribution < 1.29 is 16.8 Å². The van der Waals surface area contributed by atoms with Crippen molar-refractivity contribution in [3.63, 3.8) is 0 Å². The molecule has 0 aliphatic heterocycles. The molecular weight excluding hydrogens is 311 g/mol. The summed E-state index contributed by atoms with van der Waals surface area (Å²) >= 11 is 0. The normalized spacial score (nSPS) is 13.3. The molecule has 119 valence electrons. The fourth-order valence-corrected chi connectivity index (χ4v) is 6.04. The van der Waals surface area contributed by atoms with Crippen LogP contribution in [0.2, 0.25) is 39.3 Å². The fourth-order valence-electron chi connectivity index (χ4n) is 2.01. The zero-order valence-electron chi connectivity index (χ0n) is 15.2. The standard InChI is InChI=1S/2C7H18NSi.Co/c2*1-7(2,3)8-9(4,5)6;/h2*1-6H3;/q2*-1;+2. The Labute approximate surface area is 135 Å². The first kappa shape index (κ1) is 24.9. The maximum absolute atomic E-state index is 4.68. The van der Waals surface area contributed by atoms with E-state index in [0.29, 0.717) is 0 Å². The van der Waals surface area contributed by atoms with Gasteiger partial charge in [0.25, 0.3) is 0 Å². The summed E-state index contributed by atoms with van der Waals surface area (Å²) in [6.07, 6.45) is 0. The third kappa shape index (κ3) is 32.4. The van der Waals surface area contributed by atoms with Crippen molar-refractivity contribution in [3.8, 4) is 0 Å². The van der Waals surface area contributed by atoms with E-state index in [2.05, 4.69) is 90.8 Å². The van der Waals surface area contributed by atoms with Gasteiger partial charge in [0, 0.05) is 0 Å². The van der Waals surface area contributed by atoms with Crippen LogP contribution < -0.4 is 0 Å². The van der Waals surface area contributed by atoms with E-state index in [4.69, 9.17) is 0 Å². The minimum atomic E-state index is -1.17. The second-order valence-corrected chi connectivity index (χ2v) is 18.0. The molecule has 0 aliphatic carbocycles. The molecule has 19 heavy (non-hydrogen) atoms. The van der Waals surface area contributed by atoms with Gasteiger partial charge >= 0.3 is 16.8 Å². The van der Waals surface area contributed by atoms with Crippen LogP contribution in [0.4, 0.5) is 0 Å². The molecule has 0 heterocycles. The van der Waals surface area contributed by atoms with Crippen LogP contribution in [-0.2, 0) is 16.8 Å². The van der Waals surface area contributed by atoms with E-state index in [-0.39, 0.29) is 27.9 Å². The van der Waals surface area contributed by atoms with Gasteiger partial charge in [-0.15, -0.1) is 11.1 Å². The minimum Gasteiger partial charge on any atom is -0.660 e. The minimum absolute atomic E-state index is 0. The van der Waals surface area contributed by atoms with Crippen molar-refractivity contribution in [3.05, 3.63) is 9.96 Å². The molecule has 0 fully saturated rings. The van der Waals surface area contributed by atoms with Gasteiger partial charge in [0.1, 0.15) is 0 Å². The molecule has 0 aromatic rings. The first-order chi connectivity index (χ1) is 7.41. The van der Waals surface area contributed by atoms with E-state index in [1.165, 1.54) is 0 Å². The zero-order chi connectivity index (χ0) is 15.4. The Balaban J connectivity index is -0.000000256. The molecule has 0 spiro atoms. The van der Waals surface area contributed by atoms with Gasteiger partial charge in [0.15, 0.2) is 0 Å². The van der Waals surface area contributed by atoms with Crippen LogP contribution in [0.5, 0.6) is 0 Å². The van der Waals surface area contributed by atoms with Crippen molar-refractivity contribution in [2.75, 3.05) is 0 Å². The average Bonchev–Trinajstić information content (AvgIpc) is 1.64. The molecule has 0 N–H and O–H groups in total. The van der Waals surface area contributed by atoms with Gasteiger partial charge < -0.3 is 9.96 Å². The predicted molar refractivity (Wildman–Crippen MR) is 92.9 cm³/mol. The van der Waals surface area contributed by atoms with Gasteiger partial charge in [-0.3, -0.25) is 0 Å². The zero-order valence-corrected chi connectivity index (χ0v) is 18.3. The molecule has 0 unspecified atom stereocenters. The number of hydrogen-bond acceptors (Lipinski definition) is 0. The van der Waals surface area contributed by atoms with Crippen LogP contribution in [0, 0.1) is 0 Å². The Kier molecular flexibility index (Phi) is 10.9. The van der Waals surface area contributed by atoms with E-state index in [1.807, 2.05) is 0 Å². The molecule has 0 aromatic carbocycles. The summed E-state index contributed by atoms with van der Waals surface area (Å²) in [5.41, 5.74) is 0.342. The summed E-state index contributed by atoms with van der Waals surface area (Å²) in [5, 5.41) is 0.